The Morgan fingerprint density at radius 2 is 1.32 bits per heavy atom. The van der Waals surface area contributed by atoms with Crippen molar-refractivity contribution >= 4 is 23.9 Å². The maximum atomic E-state index is 12.9. The SMILES string of the molecule is CCC(=O)c1ccc(C[C@@H](C(=O)OC)N(C(=O)OC(C)(C)C)C(=O)OC(C)(C)C)cc1. The van der Waals surface area contributed by atoms with E-state index in [1.165, 1.54) is 7.11 Å². The number of imide groups is 1. The topological polar surface area (TPSA) is 99.2 Å². The highest BCUT2D eigenvalue weighted by Crippen LogP contribution is 2.20. The second kappa shape index (κ2) is 10.4. The number of nitrogens with zero attached hydrogens (tertiary/aromatic N) is 1. The van der Waals surface area contributed by atoms with Crippen LogP contribution in [0.2, 0.25) is 0 Å². The Hall–Kier alpha value is -2.90. The number of ketones is 1. The molecular weight excluding hydrogens is 402 g/mol. The van der Waals surface area contributed by atoms with E-state index in [-0.39, 0.29) is 12.2 Å². The molecule has 0 radical (unpaired) electrons. The van der Waals surface area contributed by atoms with Gasteiger partial charge in [-0.25, -0.2) is 14.4 Å². The van der Waals surface area contributed by atoms with E-state index in [1.807, 2.05) is 0 Å². The first kappa shape index (κ1) is 26.1. The summed E-state index contributed by atoms with van der Waals surface area (Å²) in [5, 5.41) is 0. The lowest BCUT2D eigenvalue weighted by Crippen LogP contribution is -2.53. The van der Waals surface area contributed by atoms with Gasteiger partial charge in [-0.3, -0.25) is 4.79 Å². The third-order valence-corrected chi connectivity index (χ3v) is 3.99. The molecule has 172 valence electrons. The van der Waals surface area contributed by atoms with Gasteiger partial charge in [0.05, 0.1) is 7.11 Å². The van der Waals surface area contributed by atoms with E-state index in [0.717, 1.165) is 0 Å². The molecule has 0 aliphatic carbocycles. The average Bonchev–Trinajstić information content (AvgIpc) is 2.63. The minimum atomic E-state index is -1.32. The maximum Gasteiger partial charge on any atom is 0.420 e. The van der Waals surface area contributed by atoms with Gasteiger partial charge >= 0.3 is 18.2 Å². The first-order valence-electron chi connectivity index (χ1n) is 10.1. The Labute approximate surface area is 183 Å². The number of carbonyl (C=O) groups is 4. The monoisotopic (exact) mass is 435 g/mol. The zero-order chi connectivity index (χ0) is 24.0. The van der Waals surface area contributed by atoms with Crippen LogP contribution in [0.3, 0.4) is 0 Å². The summed E-state index contributed by atoms with van der Waals surface area (Å²) in [6.07, 6.45) is -1.70. The normalized spacial score (nSPS) is 12.5. The van der Waals surface area contributed by atoms with Crippen LogP contribution in [0.5, 0.6) is 0 Å². The van der Waals surface area contributed by atoms with Crippen molar-refractivity contribution in [2.45, 2.75) is 78.6 Å². The van der Waals surface area contributed by atoms with E-state index in [2.05, 4.69) is 0 Å². The molecule has 0 saturated heterocycles. The van der Waals surface area contributed by atoms with Crippen LogP contribution in [0.25, 0.3) is 0 Å². The van der Waals surface area contributed by atoms with Gasteiger partial charge in [-0.1, -0.05) is 31.2 Å². The predicted molar refractivity (Wildman–Crippen MR) is 115 cm³/mol. The fraction of sp³-hybridized carbons (Fsp3) is 0.565. The number of hydrogen-bond donors (Lipinski definition) is 0. The molecule has 0 spiro atoms. The third-order valence-electron chi connectivity index (χ3n) is 3.99. The largest absolute Gasteiger partial charge is 0.467 e. The second-order valence-corrected chi connectivity index (χ2v) is 9.05. The number of methoxy groups -OCH3 is 1. The lowest BCUT2D eigenvalue weighted by atomic mass is 10.0. The van der Waals surface area contributed by atoms with E-state index in [1.54, 1.807) is 72.7 Å². The molecule has 0 aliphatic rings. The highest BCUT2D eigenvalue weighted by molar-refractivity contribution is 5.96. The lowest BCUT2D eigenvalue weighted by molar-refractivity contribution is -0.146. The fourth-order valence-corrected chi connectivity index (χ4v) is 2.62. The first-order valence-corrected chi connectivity index (χ1v) is 10.1. The molecule has 1 atom stereocenters. The van der Waals surface area contributed by atoms with Crippen LogP contribution in [0.1, 0.15) is 70.8 Å². The molecular formula is C23H33NO7. The Balaban J connectivity index is 3.33. The molecule has 0 N–H and O–H groups in total. The van der Waals surface area contributed by atoms with E-state index in [4.69, 9.17) is 14.2 Å². The van der Waals surface area contributed by atoms with Crippen LogP contribution < -0.4 is 0 Å². The predicted octanol–water partition coefficient (Wildman–Crippen LogP) is 4.54. The number of esters is 1. The van der Waals surface area contributed by atoms with Crippen LogP contribution in [0, 0.1) is 0 Å². The van der Waals surface area contributed by atoms with Crippen molar-refractivity contribution in [2.75, 3.05) is 7.11 Å². The summed E-state index contributed by atoms with van der Waals surface area (Å²) in [6, 6.07) is 5.30. The first-order chi connectivity index (χ1) is 14.2. The molecule has 0 fully saturated rings. The third kappa shape index (κ3) is 8.39. The second-order valence-electron chi connectivity index (χ2n) is 9.05. The number of amides is 2. The van der Waals surface area contributed by atoms with E-state index >= 15 is 0 Å². The molecule has 1 rings (SSSR count). The van der Waals surface area contributed by atoms with Gasteiger partial charge in [-0.2, -0.15) is 4.90 Å². The number of rotatable bonds is 6. The van der Waals surface area contributed by atoms with Crippen molar-refractivity contribution in [1.82, 2.24) is 4.90 Å². The van der Waals surface area contributed by atoms with Gasteiger partial charge < -0.3 is 14.2 Å². The minimum Gasteiger partial charge on any atom is -0.467 e. The van der Waals surface area contributed by atoms with Crippen molar-refractivity contribution < 1.29 is 33.4 Å². The van der Waals surface area contributed by atoms with Gasteiger partial charge in [-0.05, 0) is 47.1 Å². The van der Waals surface area contributed by atoms with Gasteiger partial charge in [0.1, 0.15) is 17.2 Å². The molecule has 1 aromatic carbocycles. The molecule has 31 heavy (non-hydrogen) atoms. The lowest BCUT2D eigenvalue weighted by Gasteiger charge is -2.32. The van der Waals surface area contributed by atoms with Crippen molar-refractivity contribution in [3.05, 3.63) is 35.4 Å². The van der Waals surface area contributed by atoms with Gasteiger partial charge in [0, 0.05) is 18.4 Å². The number of ether oxygens (including phenoxy) is 3. The molecule has 1 aromatic rings. The summed E-state index contributed by atoms with van der Waals surface area (Å²) >= 11 is 0. The summed E-state index contributed by atoms with van der Waals surface area (Å²) in [7, 11) is 1.17. The van der Waals surface area contributed by atoms with Crippen molar-refractivity contribution in [1.29, 1.82) is 0 Å². The van der Waals surface area contributed by atoms with E-state index in [9.17, 15) is 19.2 Å². The molecule has 8 heteroatoms. The Morgan fingerprint density at radius 3 is 1.68 bits per heavy atom. The summed E-state index contributed by atoms with van der Waals surface area (Å²) in [4.78, 5) is 50.8. The van der Waals surface area contributed by atoms with Crippen LogP contribution in [-0.4, -0.2) is 53.2 Å². The number of hydrogen-bond acceptors (Lipinski definition) is 7. The molecule has 0 heterocycles. The minimum absolute atomic E-state index is 0.0137. The zero-order valence-corrected chi connectivity index (χ0v) is 19.6. The molecule has 0 unspecified atom stereocenters. The van der Waals surface area contributed by atoms with Gasteiger partial charge in [0.2, 0.25) is 0 Å². The Kier molecular flexibility index (Phi) is 8.78. The van der Waals surface area contributed by atoms with Gasteiger partial charge in [-0.15, -0.1) is 0 Å². The number of Topliss-reactive ketones (excluding diaryl/α,β-unsaturated/α-hetero) is 1. The smallest absolute Gasteiger partial charge is 0.420 e. The quantitative estimate of drug-likeness (QED) is 0.367. The van der Waals surface area contributed by atoms with Crippen LogP contribution in [0.4, 0.5) is 9.59 Å². The average molecular weight is 436 g/mol. The number of benzene rings is 1. The van der Waals surface area contributed by atoms with E-state index < -0.39 is 35.4 Å². The van der Waals surface area contributed by atoms with Gasteiger partial charge in [0.25, 0.3) is 0 Å². The summed E-state index contributed by atoms with van der Waals surface area (Å²) in [5.74, 6) is -0.814. The Morgan fingerprint density at radius 1 is 0.871 bits per heavy atom. The van der Waals surface area contributed by atoms with Gasteiger partial charge in [0.15, 0.2) is 5.78 Å². The molecule has 0 aliphatic heterocycles. The van der Waals surface area contributed by atoms with Crippen molar-refractivity contribution in [3.63, 3.8) is 0 Å². The van der Waals surface area contributed by atoms with Crippen molar-refractivity contribution in [2.24, 2.45) is 0 Å². The summed E-state index contributed by atoms with van der Waals surface area (Å²) in [5.41, 5.74) is -0.641. The highest BCUT2D eigenvalue weighted by atomic mass is 16.6. The number of carbonyl (C=O) groups excluding carboxylic acids is 4. The molecule has 0 aromatic heterocycles. The molecule has 0 saturated carbocycles. The Bertz CT molecular complexity index is 773. The molecule has 0 bridgehead atoms. The summed E-state index contributed by atoms with van der Waals surface area (Å²) in [6.45, 7) is 11.7. The molecule has 2 amide bonds. The highest BCUT2D eigenvalue weighted by Gasteiger charge is 2.41. The van der Waals surface area contributed by atoms with Crippen molar-refractivity contribution in [3.8, 4) is 0 Å². The van der Waals surface area contributed by atoms with Crippen LogP contribution in [0.15, 0.2) is 24.3 Å². The zero-order valence-electron chi connectivity index (χ0n) is 19.6. The standard InChI is InChI=1S/C23H33NO7/c1-9-18(25)16-12-10-15(11-13-16)14-17(19(26)29-8)24(20(27)30-22(2,3)4)21(28)31-23(5,6)7/h10-13,17H,9,14H2,1-8H3/t17-/m0/s1. The maximum absolute atomic E-state index is 12.9. The molecule has 8 nitrogen and oxygen atoms in total. The fourth-order valence-electron chi connectivity index (χ4n) is 2.62. The van der Waals surface area contributed by atoms with Crippen LogP contribution in [-0.2, 0) is 25.4 Å². The van der Waals surface area contributed by atoms with E-state index in [0.29, 0.717) is 22.4 Å². The summed E-state index contributed by atoms with van der Waals surface area (Å²) < 4.78 is 15.6. The van der Waals surface area contributed by atoms with Crippen LogP contribution >= 0.6 is 0 Å².